The lowest BCUT2D eigenvalue weighted by molar-refractivity contribution is -0.118. The lowest BCUT2D eigenvalue weighted by atomic mass is 9.93. The van der Waals surface area contributed by atoms with E-state index in [2.05, 4.69) is 16.1 Å². The fourth-order valence-electron chi connectivity index (χ4n) is 2.20. The second-order valence-corrected chi connectivity index (χ2v) is 4.51. The fourth-order valence-corrected chi connectivity index (χ4v) is 2.20. The van der Waals surface area contributed by atoms with E-state index in [1.165, 1.54) is 0 Å². The predicted octanol–water partition coefficient (Wildman–Crippen LogP) is 1.13. The number of nitrogens with two attached hydrogens (primary N) is 1. The van der Waals surface area contributed by atoms with Gasteiger partial charge in [0.15, 0.2) is 0 Å². The molecule has 0 aromatic carbocycles. The van der Waals surface area contributed by atoms with Gasteiger partial charge in [-0.1, -0.05) is 5.16 Å². The third-order valence-electron chi connectivity index (χ3n) is 3.23. The molecular formula is C13H19N3O3. The molecule has 1 aromatic rings. The minimum absolute atomic E-state index is 0.360. The Kier molecular flexibility index (Phi) is 4.53. The molecule has 0 spiro atoms. The Hall–Kier alpha value is -1.42. The second-order valence-electron chi connectivity index (χ2n) is 4.51. The van der Waals surface area contributed by atoms with Gasteiger partial charge in [0, 0.05) is 39.1 Å². The molecule has 2 heterocycles. The van der Waals surface area contributed by atoms with Gasteiger partial charge in [-0.15, -0.1) is 12.3 Å². The van der Waals surface area contributed by atoms with Gasteiger partial charge in [0.25, 0.3) is 0 Å². The molecule has 0 radical (unpaired) electrons. The Labute approximate surface area is 112 Å². The number of hydrogen-bond acceptors (Lipinski definition) is 6. The van der Waals surface area contributed by atoms with E-state index in [4.69, 9.17) is 26.2 Å². The first-order chi connectivity index (χ1) is 9.22. The summed E-state index contributed by atoms with van der Waals surface area (Å²) < 4.78 is 16.4. The SMILES string of the molecule is C#CCC(N)c1nc(C2(OCC)CCOCC2)no1. The van der Waals surface area contributed by atoms with Crippen molar-refractivity contribution >= 4 is 0 Å². The van der Waals surface area contributed by atoms with Crippen LogP contribution in [0.2, 0.25) is 0 Å². The van der Waals surface area contributed by atoms with Gasteiger partial charge in [-0.05, 0) is 6.92 Å². The van der Waals surface area contributed by atoms with Crippen molar-refractivity contribution in [3.8, 4) is 12.3 Å². The molecule has 19 heavy (non-hydrogen) atoms. The van der Waals surface area contributed by atoms with E-state index >= 15 is 0 Å². The largest absolute Gasteiger partial charge is 0.381 e. The fraction of sp³-hybridized carbons (Fsp3) is 0.692. The quantitative estimate of drug-likeness (QED) is 0.804. The van der Waals surface area contributed by atoms with Gasteiger partial charge in [0.05, 0.1) is 6.04 Å². The number of ether oxygens (including phenoxy) is 2. The summed E-state index contributed by atoms with van der Waals surface area (Å²) in [6.07, 6.45) is 7.02. The molecule has 1 aromatic heterocycles. The van der Waals surface area contributed by atoms with Gasteiger partial charge in [0.1, 0.15) is 5.60 Å². The van der Waals surface area contributed by atoms with E-state index in [-0.39, 0.29) is 0 Å². The van der Waals surface area contributed by atoms with Crippen molar-refractivity contribution < 1.29 is 14.0 Å². The van der Waals surface area contributed by atoms with Crippen molar-refractivity contribution in [2.75, 3.05) is 19.8 Å². The van der Waals surface area contributed by atoms with E-state index in [0.717, 1.165) is 0 Å². The summed E-state index contributed by atoms with van der Waals surface area (Å²) in [5.74, 6) is 3.39. The van der Waals surface area contributed by atoms with Crippen molar-refractivity contribution in [3.63, 3.8) is 0 Å². The topological polar surface area (TPSA) is 83.4 Å². The lowest BCUT2D eigenvalue weighted by Crippen LogP contribution is -2.37. The predicted molar refractivity (Wildman–Crippen MR) is 68.0 cm³/mol. The molecule has 0 amide bonds. The molecule has 1 atom stereocenters. The van der Waals surface area contributed by atoms with Crippen molar-refractivity contribution in [2.45, 2.75) is 37.8 Å². The lowest BCUT2D eigenvalue weighted by Gasteiger charge is -2.33. The molecular weight excluding hydrogens is 246 g/mol. The third-order valence-corrected chi connectivity index (χ3v) is 3.23. The minimum atomic E-state index is -0.523. The van der Waals surface area contributed by atoms with Crippen LogP contribution in [0.4, 0.5) is 0 Å². The summed E-state index contributed by atoms with van der Waals surface area (Å²) in [7, 11) is 0. The summed E-state index contributed by atoms with van der Waals surface area (Å²) >= 11 is 0. The maximum Gasteiger partial charge on any atom is 0.244 e. The van der Waals surface area contributed by atoms with Crippen molar-refractivity contribution in [1.82, 2.24) is 10.1 Å². The molecule has 6 nitrogen and oxygen atoms in total. The molecule has 0 bridgehead atoms. The van der Waals surface area contributed by atoms with Gasteiger partial charge >= 0.3 is 0 Å². The van der Waals surface area contributed by atoms with E-state index in [9.17, 15) is 0 Å². The average Bonchev–Trinajstić information content (AvgIpc) is 2.91. The average molecular weight is 265 g/mol. The Morgan fingerprint density at radius 2 is 2.26 bits per heavy atom. The van der Waals surface area contributed by atoms with Crippen LogP contribution in [0.25, 0.3) is 0 Å². The second kappa shape index (κ2) is 6.15. The normalized spacial score (nSPS) is 19.8. The zero-order chi connectivity index (χ0) is 13.7. The smallest absolute Gasteiger partial charge is 0.244 e. The summed E-state index contributed by atoms with van der Waals surface area (Å²) in [5.41, 5.74) is 5.34. The van der Waals surface area contributed by atoms with Crippen LogP contribution in [0.1, 0.15) is 43.9 Å². The first-order valence-electron chi connectivity index (χ1n) is 6.46. The summed E-state index contributed by atoms with van der Waals surface area (Å²) in [6.45, 7) is 3.78. The Bertz CT molecular complexity index is 441. The van der Waals surface area contributed by atoms with Crippen molar-refractivity contribution in [3.05, 3.63) is 11.7 Å². The van der Waals surface area contributed by atoms with E-state index < -0.39 is 11.6 Å². The van der Waals surface area contributed by atoms with Crippen molar-refractivity contribution in [1.29, 1.82) is 0 Å². The third kappa shape index (κ3) is 2.95. The molecule has 1 aliphatic heterocycles. The maximum absolute atomic E-state index is 5.86. The number of rotatable bonds is 5. The van der Waals surface area contributed by atoms with Crippen LogP contribution in [-0.4, -0.2) is 30.0 Å². The number of terminal acetylenes is 1. The molecule has 1 aliphatic rings. The molecule has 2 N–H and O–H groups in total. The van der Waals surface area contributed by atoms with E-state index in [1.54, 1.807) is 0 Å². The van der Waals surface area contributed by atoms with E-state index in [1.807, 2.05) is 6.92 Å². The maximum atomic E-state index is 5.86. The van der Waals surface area contributed by atoms with Gasteiger partial charge < -0.3 is 19.7 Å². The first-order valence-corrected chi connectivity index (χ1v) is 6.46. The standard InChI is InChI=1S/C13H19N3O3/c1-3-5-10(14)11-15-12(16-19-11)13(18-4-2)6-8-17-9-7-13/h1,10H,4-9,14H2,2H3. The molecule has 0 aliphatic carbocycles. The van der Waals surface area contributed by atoms with Crippen LogP contribution in [0.3, 0.4) is 0 Å². The minimum Gasteiger partial charge on any atom is -0.381 e. The summed E-state index contributed by atoms with van der Waals surface area (Å²) in [4.78, 5) is 4.36. The highest BCUT2D eigenvalue weighted by molar-refractivity contribution is 5.06. The van der Waals surface area contributed by atoms with Crippen LogP contribution >= 0.6 is 0 Å². The van der Waals surface area contributed by atoms with Gasteiger partial charge in [-0.3, -0.25) is 0 Å². The van der Waals surface area contributed by atoms with Gasteiger partial charge in [0.2, 0.25) is 11.7 Å². The first kappa shape index (κ1) is 14.0. The number of nitrogens with zero attached hydrogens (tertiary/aromatic N) is 2. The van der Waals surface area contributed by atoms with Crippen LogP contribution in [0, 0.1) is 12.3 Å². The Balaban J connectivity index is 2.20. The van der Waals surface area contributed by atoms with Crippen molar-refractivity contribution in [2.24, 2.45) is 5.73 Å². The zero-order valence-corrected chi connectivity index (χ0v) is 11.1. The Morgan fingerprint density at radius 3 is 2.89 bits per heavy atom. The summed E-state index contributed by atoms with van der Waals surface area (Å²) in [5, 5.41) is 4.02. The molecule has 1 fully saturated rings. The highest BCUT2D eigenvalue weighted by atomic mass is 16.5. The molecule has 1 unspecified atom stereocenters. The van der Waals surface area contributed by atoms with E-state index in [0.29, 0.717) is 50.8 Å². The summed E-state index contributed by atoms with van der Waals surface area (Å²) in [6, 6.07) is -0.426. The molecule has 6 heteroatoms. The highest BCUT2D eigenvalue weighted by Gasteiger charge is 2.40. The molecule has 2 rings (SSSR count). The number of hydrogen-bond donors (Lipinski definition) is 1. The zero-order valence-electron chi connectivity index (χ0n) is 11.1. The highest BCUT2D eigenvalue weighted by Crippen LogP contribution is 2.34. The molecule has 1 saturated heterocycles. The molecule has 0 saturated carbocycles. The van der Waals surface area contributed by atoms with Crippen LogP contribution in [0.5, 0.6) is 0 Å². The van der Waals surface area contributed by atoms with Gasteiger partial charge in [-0.2, -0.15) is 4.98 Å². The van der Waals surface area contributed by atoms with Gasteiger partial charge in [-0.25, -0.2) is 0 Å². The number of aromatic nitrogens is 2. The van der Waals surface area contributed by atoms with Crippen LogP contribution in [0.15, 0.2) is 4.52 Å². The Morgan fingerprint density at radius 1 is 1.53 bits per heavy atom. The van der Waals surface area contributed by atoms with Crippen LogP contribution < -0.4 is 5.73 Å². The molecule has 104 valence electrons. The monoisotopic (exact) mass is 265 g/mol. The van der Waals surface area contributed by atoms with Crippen LogP contribution in [-0.2, 0) is 15.1 Å².